The summed E-state index contributed by atoms with van der Waals surface area (Å²) in [6.07, 6.45) is 13.5. The molecule has 5 fully saturated rings. The van der Waals surface area contributed by atoms with E-state index in [0.717, 1.165) is 99.4 Å². The number of nitrogens with one attached hydrogen (secondary N) is 2. The Kier molecular flexibility index (Phi) is 18.2. The van der Waals surface area contributed by atoms with Crippen LogP contribution in [-0.4, -0.2) is 242 Å². The summed E-state index contributed by atoms with van der Waals surface area (Å²) < 4.78 is 36.1. The zero-order valence-electron chi connectivity index (χ0n) is 66.6. The summed E-state index contributed by atoms with van der Waals surface area (Å²) in [5, 5.41) is 52.3. The first-order chi connectivity index (χ1) is 53.7. The van der Waals surface area contributed by atoms with Gasteiger partial charge in [-0.2, -0.15) is 0 Å². The fraction of sp³-hybridized carbons (Fsp3) is 0.557. The van der Waals surface area contributed by atoms with E-state index in [1.54, 1.807) is 14.2 Å². The first-order valence-corrected chi connectivity index (χ1v) is 40.4. The average molecular weight is 1530 g/mol. The van der Waals surface area contributed by atoms with Crippen molar-refractivity contribution in [3.63, 3.8) is 0 Å². The van der Waals surface area contributed by atoms with Crippen molar-refractivity contribution in [1.82, 2.24) is 29.6 Å². The maximum absolute atomic E-state index is 15.2. The van der Waals surface area contributed by atoms with Crippen LogP contribution in [0.15, 0.2) is 109 Å². The lowest BCUT2D eigenvalue weighted by Gasteiger charge is -2.63. The molecule has 12 heterocycles. The fourth-order valence-corrected chi connectivity index (χ4v) is 25.9. The minimum absolute atomic E-state index is 0.0284. The second kappa shape index (κ2) is 26.8. The van der Waals surface area contributed by atoms with Crippen molar-refractivity contribution in [2.75, 3.05) is 118 Å². The Hall–Kier alpha value is -8.59. The number of aromatic amines is 2. The van der Waals surface area contributed by atoms with Crippen LogP contribution >= 0.6 is 0 Å². The number of methoxy groups -OCH3 is 5. The van der Waals surface area contributed by atoms with Gasteiger partial charge >= 0.3 is 23.9 Å². The van der Waals surface area contributed by atoms with E-state index < -0.39 is 97.4 Å². The molecular formula is C88H109N9O15. The van der Waals surface area contributed by atoms with Crippen LogP contribution in [0.2, 0.25) is 0 Å². The molecule has 2 aromatic heterocycles. The van der Waals surface area contributed by atoms with Crippen LogP contribution in [0.3, 0.4) is 0 Å². The predicted molar refractivity (Wildman–Crippen MR) is 422 cm³/mol. The standard InChI is InChI=1S/C45H54N4O8.C43H55N5O7/c1-8-27-19-28-22-44(40(51)55-6,36-30(25-48(23-27)24-28)29-13-10-11-14-33(29)46-36)32-20-31-34(21-35(32)54-5)47(4)38-43(31)16-18-49-17-12-15-42(9-2,37(43)49)39(57-26(3)50)45(38,53)41(52)56-7;1-6-39(52)21-25-22-42(38(51)55-5,33-27(13-17-47(23-25)24-39)26-11-8-9-12-30(26)45-33)29-19-28-31(20-32(29)54-4)46(3)35-41(28)15-18-48-16-10-14-40(7-2,34(41)48)36(49)43(35,53)37(44)50/h10-15,19-21,28,37-39,46,53H,8-9,16-18,22-25H2,1-7H3;8-12,14,19-20,25,34-36,45,49,52-53H,6-7,13,15-18,21-24H2,1-5H3,(H2,44,50)/t28-,37-,38+,39+,42+,43+,44-,45-;25-,34+,35-,36-,39+,40-,41-,42+,43+/m01/s1. The number of aliphatic hydroxyl groups excluding tert-OH is 1. The van der Waals surface area contributed by atoms with Gasteiger partial charge in [0.05, 0.1) is 53.2 Å². The molecule has 2 saturated carbocycles. The number of esters is 4. The number of benzene rings is 4. The molecule has 19 atom stereocenters. The number of primary amides is 1. The molecular weight excluding hydrogens is 1420 g/mol. The molecule has 4 aromatic carbocycles. The number of hydrogen-bond acceptors (Lipinski definition) is 21. The molecule has 24 nitrogen and oxygen atoms in total. The third-order valence-corrected chi connectivity index (χ3v) is 30.0. The number of anilines is 2. The molecule has 12 aliphatic rings. The zero-order valence-corrected chi connectivity index (χ0v) is 66.6. The Morgan fingerprint density at radius 3 is 1.64 bits per heavy atom. The molecule has 0 radical (unpaired) electrons. The number of ether oxygens (including phenoxy) is 6. The number of aliphatic hydroxyl groups is 4. The summed E-state index contributed by atoms with van der Waals surface area (Å²) in [6, 6.07) is 22.2. The summed E-state index contributed by atoms with van der Waals surface area (Å²) in [5.41, 5.74) is 5.77. The van der Waals surface area contributed by atoms with Crippen LogP contribution < -0.4 is 25.0 Å². The molecule has 0 unspecified atom stereocenters. The topological polar surface area (TPSA) is 299 Å². The maximum Gasteiger partial charge on any atom is 0.344 e. The second-order valence-electron chi connectivity index (χ2n) is 34.7. The van der Waals surface area contributed by atoms with Crippen molar-refractivity contribution in [3.05, 3.63) is 154 Å². The average Bonchev–Trinajstić information content (AvgIpc) is 1.47. The number of para-hydroxylation sites is 2. The van der Waals surface area contributed by atoms with E-state index in [4.69, 9.17) is 34.2 Å². The molecule has 4 bridgehead atoms. The Labute approximate surface area is 654 Å². The lowest BCUT2D eigenvalue weighted by atomic mass is 9.47. The van der Waals surface area contributed by atoms with Crippen molar-refractivity contribution < 1.29 is 72.8 Å². The van der Waals surface area contributed by atoms with Gasteiger partial charge in [0.25, 0.3) is 5.91 Å². The number of H-pyrrole nitrogens is 2. The molecule has 2 aliphatic carbocycles. The zero-order chi connectivity index (χ0) is 79.1. The normalized spacial score (nSPS) is 36.9. The second-order valence-corrected chi connectivity index (χ2v) is 34.7. The number of rotatable bonds is 13. The van der Waals surface area contributed by atoms with Crippen LogP contribution in [-0.2, 0) is 77.5 Å². The predicted octanol–water partition coefficient (Wildman–Crippen LogP) is 7.49. The van der Waals surface area contributed by atoms with Crippen LogP contribution in [0.4, 0.5) is 11.4 Å². The number of carbonyl (C=O) groups excluding carboxylic acids is 5. The fourth-order valence-electron chi connectivity index (χ4n) is 25.9. The summed E-state index contributed by atoms with van der Waals surface area (Å²) >= 11 is 0. The van der Waals surface area contributed by atoms with E-state index in [2.05, 4.69) is 85.1 Å². The van der Waals surface area contributed by atoms with Gasteiger partial charge in [-0.25, -0.2) is 4.79 Å². The van der Waals surface area contributed by atoms with Gasteiger partial charge in [-0.05, 0) is 136 Å². The minimum atomic E-state index is -2.30. The molecule has 18 rings (SSSR count). The number of likely N-dealkylation sites (N-methyl/N-ethyl adjacent to an activating group) is 2. The highest BCUT2D eigenvalue weighted by molar-refractivity contribution is 5.97. The van der Waals surface area contributed by atoms with E-state index in [-0.39, 0.29) is 29.9 Å². The number of nitrogens with two attached hydrogens (primary N) is 1. The first-order valence-electron chi connectivity index (χ1n) is 40.4. The summed E-state index contributed by atoms with van der Waals surface area (Å²) in [6.45, 7) is 16.6. The molecule has 596 valence electrons. The number of piperidine rings is 1. The summed E-state index contributed by atoms with van der Waals surface area (Å²) in [4.78, 5) is 92.4. The Morgan fingerprint density at radius 2 is 1.12 bits per heavy atom. The van der Waals surface area contributed by atoms with Crippen molar-refractivity contribution in [1.29, 1.82) is 0 Å². The van der Waals surface area contributed by atoms with Crippen LogP contribution in [0.25, 0.3) is 21.8 Å². The number of carbonyl (C=O) groups is 5. The van der Waals surface area contributed by atoms with E-state index in [0.29, 0.717) is 120 Å². The van der Waals surface area contributed by atoms with Gasteiger partial charge in [-0.3, -0.25) is 38.8 Å². The Bertz CT molecular complexity index is 4970. The number of hydrogen-bond donors (Lipinski definition) is 7. The largest absolute Gasteiger partial charge is 0.496 e. The number of fused-ring (bicyclic) bond motifs is 12. The lowest BCUT2D eigenvalue weighted by molar-refractivity contribution is -0.228. The van der Waals surface area contributed by atoms with Gasteiger partial charge in [-0.1, -0.05) is 100 Å². The van der Waals surface area contributed by atoms with Gasteiger partial charge in [0.2, 0.25) is 5.60 Å². The summed E-state index contributed by atoms with van der Waals surface area (Å²) in [5.74, 6) is -2.31. The van der Waals surface area contributed by atoms with Crippen molar-refractivity contribution in [3.8, 4) is 11.5 Å². The highest BCUT2D eigenvalue weighted by Gasteiger charge is 2.82. The Morgan fingerprint density at radius 1 is 0.589 bits per heavy atom. The molecule has 8 N–H and O–H groups in total. The number of aromatic nitrogens is 2. The lowest BCUT2D eigenvalue weighted by Crippen LogP contribution is -2.81. The molecule has 24 heteroatoms. The smallest absolute Gasteiger partial charge is 0.344 e. The highest BCUT2D eigenvalue weighted by atomic mass is 16.6. The number of nitrogens with zero attached hydrogens (tertiary/aromatic N) is 6. The third-order valence-electron chi connectivity index (χ3n) is 30.0. The van der Waals surface area contributed by atoms with Crippen molar-refractivity contribution >= 4 is 63.0 Å². The van der Waals surface area contributed by atoms with Crippen LogP contribution in [0.1, 0.15) is 137 Å². The molecule has 112 heavy (non-hydrogen) atoms. The SMILES string of the molecule is CCC1=C[C@@H]2C[N@](C1)Cc1c([nH]c3ccccc13)[C@@](C(=O)OC)(c1cc3c(cc1OC)N(C)[C@H]1[C@@](O)(C(=O)OC)[C@H](OC(C)=O)[C@]4(CC)C=CCN5CC[C@]31[C@@H]54)C2.CC[C@]1(O)C[C@H]2C[N@](CCc3c([nH]c4ccccc34)[C@@](C(=O)OC)(c3cc4c(cc3OC)N(C)[C@H]3[C@@](O)(C(N)=O)[C@H](O)[C@]5(CC)C=CCN6CC[C@]43[C@@H]65)C2)C1. The van der Waals surface area contributed by atoms with Crippen LogP contribution in [0, 0.1) is 22.7 Å². The van der Waals surface area contributed by atoms with Gasteiger partial charge < -0.3 is 74.3 Å². The van der Waals surface area contributed by atoms with Gasteiger partial charge in [0, 0.05) is 175 Å². The van der Waals surface area contributed by atoms with Crippen molar-refractivity contribution in [2.45, 2.75) is 180 Å². The third kappa shape index (κ3) is 9.90. The van der Waals surface area contributed by atoms with Crippen LogP contribution in [0.5, 0.6) is 11.5 Å². The van der Waals surface area contributed by atoms with E-state index in [9.17, 15) is 34.8 Å². The summed E-state index contributed by atoms with van der Waals surface area (Å²) in [7, 11) is 11.1. The molecule has 3 saturated heterocycles. The van der Waals surface area contributed by atoms with Gasteiger partial charge in [0.15, 0.2) is 11.7 Å². The minimum Gasteiger partial charge on any atom is -0.496 e. The number of amides is 1. The van der Waals surface area contributed by atoms with E-state index in [1.165, 1.54) is 33.8 Å². The monoisotopic (exact) mass is 1530 g/mol. The first kappa shape index (κ1) is 76.1. The highest BCUT2D eigenvalue weighted by Crippen LogP contribution is 2.71. The molecule has 6 aromatic rings. The van der Waals surface area contributed by atoms with Gasteiger partial charge in [-0.15, -0.1) is 0 Å². The van der Waals surface area contributed by atoms with Gasteiger partial charge in [0.1, 0.15) is 28.4 Å². The van der Waals surface area contributed by atoms with Crippen molar-refractivity contribution in [2.24, 2.45) is 28.4 Å². The molecule has 2 spiro atoms. The quantitative estimate of drug-likeness (QED) is 0.0335. The van der Waals surface area contributed by atoms with E-state index >= 15 is 9.59 Å². The maximum atomic E-state index is 15.2. The molecule has 1 amide bonds. The molecule has 10 aliphatic heterocycles. The Balaban J connectivity index is 0.000000163. The van der Waals surface area contributed by atoms with E-state index in [1.807, 2.05) is 99.3 Å².